The summed E-state index contributed by atoms with van der Waals surface area (Å²) in [4.78, 5) is 16.4. The van der Waals surface area contributed by atoms with Gasteiger partial charge in [0.1, 0.15) is 22.3 Å². The van der Waals surface area contributed by atoms with E-state index < -0.39 is 11.6 Å². The van der Waals surface area contributed by atoms with E-state index >= 15 is 0 Å². The minimum absolute atomic E-state index is 0.0669. The van der Waals surface area contributed by atoms with E-state index in [2.05, 4.69) is 22.5 Å². The number of piperidine rings is 1. The van der Waals surface area contributed by atoms with Crippen molar-refractivity contribution in [3.63, 3.8) is 0 Å². The molecule has 1 aromatic carbocycles. The average Bonchev–Trinajstić information content (AvgIpc) is 3.03. The number of hydrogen-bond acceptors (Lipinski definition) is 4. The Morgan fingerprint density at radius 3 is 2.67 bits per heavy atom. The number of nitrogens with one attached hydrogen (secondary N) is 2. The third-order valence-corrected chi connectivity index (χ3v) is 5.26. The van der Waals surface area contributed by atoms with Gasteiger partial charge < -0.3 is 10.6 Å². The molecule has 0 saturated carbocycles. The minimum Gasteiger partial charge on any atom is -0.350 e. The molecule has 0 unspecified atom stereocenters. The molecule has 0 spiro atoms. The van der Waals surface area contributed by atoms with Crippen LogP contribution in [-0.4, -0.2) is 30.5 Å². The summed E-state index contributed by atoms with van der Waals surface area (Å²) >= 11 is 1.06. The first-order valence-electron chi connectivity index (χ1n) is 7.87. The number of thiazole rings is 1. The van der Waals surface area contributed by atoms with E-state index in [1.807, 2.05) is 0 Å². The lowest BCUT2D eigenvalue weighted by molar-refractivity contribution is 0.0918. The van der Waals surface area contributed by atoms with Gasteiger partial charge in [-0.25, -0.2) is 13.8 Å². The number of amides is 1. The zero-order chi connectivity index (χ0) is 17.2. The van der Waals surface area contributed by atoms with Gasteiger partial charge in [0.2, 0.25) is 0 Å². The molecule has 7 heteroatoms. The van der Waals surface area contributed by atoms with Gasteiger partial charge in [0, 0.05) is 11.9 Å². The Labute approximate surface area is 143 Å². The highest BCUT2D eigenvalue weighted by molar-refractivity contribution is 7.13. The molecule has 1 aliphatic heterocycles. The zero-order valence-corrected chi connectivity index (χ0v) is 14.2. The fourth-order valence-corrected chi connectivity index (χ4v) is 3.63. The summed E-state index contributed by atoms with van der Waals surface area (Å²) < 4.78 is 27.6. The highest BCUT2D eigenvalue weighted by atomic mass is 32.1. The van der Waals surface area contributed by atoms with Gasteiger partial charge in [-0.2, -0.15) is 0 Å². The lowest BCUT2D eigenvalue weighted by atomic mass is 9.81. The van der Waals surface area contributed by atoms with E-state index in [1.54, 1.807) is 0 Å². The Morgan fingerprint density at radius 1 is 1.33 bits per heavy atom. The summed E-state index contributed by atoms with van der Waals surface area (Å²) in [5.74, 6) is -1.67. The predicted molar refractivity (Wildman–Crippen MR) is 90.0 cm³/mol. The molecule has 1 fully saturated rings. The molecule has 24 heavy (non-hydrogen) atoms. The van der Waals surface area contributed by atoms with Crippen LogP contribution in [0.15, 0.2) is 23.6 Å². The molecule has 1 aromatic heterocycles. The SMILES string of the molecule is CC1(CNC(=O)c2csc(-c3c(F)cccc3F)n2)CCNCC1. The number of carbonyl (C=O) groups is 1. The Balaban J connectivity index is 1.70. The van der Waals surface area contributed by atoms with Crippen LogP contribution in [-0.2, 0) is 0 Å². The molecule has 2 aromatic rings. The second-order valence-corrected chi connectivity index (χ2v) is 7.24. The number of aromatic nitrogens is 1. The van der Waals surface area contributed by atoms with Gasteiger partial charge in [-0.3, -0.25) is 4.79 Å². The first-order valence-corrected chi connectivity index (χ1v) is 8.75. The van der Waals surface area contributed by atoms with Gasteiger partial charge in [-0.05, 0) is 43.5 Å². The molecule has 2 heterocycles. The Kier molecular flexibility index (Phi) is 4.91. The maximum absolute atomic E-state index is 13.8. The standard InChI is InChI=1S/C17H19F2N3OS/c1-17(5-7-20-8-6-17)10-21-15(23)13-9-24-16(22-13)14-11(18)3-2-4-12(14)19/h2-4,9,20H,5-8,10H2,1H3,(H,21,23). The van der Waals surface area contributed by atoms with Crippen molar-refractivity contribution < 1.29 is 13.6 Å². The maximum Gasteiger partial charge on any atom is 0.270 e. The van der Waals surface area contributed by atoms with Crippen molar-refractivity contribution in [2.45, 2.75) is 19.8 Å². The van der Waals surface area contributed by atoms with Crippen molar-refractivity contribution in [1.29, 1.82) is 0 Å². The fraction of sp³-hybridized carbons (Fsp3) is 0.412. The number of carbonyl (C=O) groups excluding carboxylic acids is 1. The monoisotopic (exact) mass is 351 g/mol. The van der Waals surface area contributed by atoms with Crippen LogP contribution in [0.2, 0.25) is 0 Å². The third kappa shape index (κ3) is 3.62. The second-order valence-electron chi connectivity index (χ2n) is 6.38. The molecule has 0 aliphatic carbocycles. The van der Waals surface area contributed by atoms with Gasteiger partial charge in [-0.15, -0.1) is 11.3 Å². The molecule has 0 radical (unpaired) electrons. The van der Waals surface area contributed by atoms with Gasteiger partial charge in [0.25, 0.3) is 5.91 Å². The smallest absolute Gasteiger partial charge is 0.270 e. The number of hydrogen-bond donors (Lipinski definition) is 2. The number of halogens is 2. The highest BCUT2D eigenvalue weighted by Gasteiger charge is 2.27. The normalized spacial score (nSPS) is 16.8. The predicted octanol–water partition coefficient (Wildman–Crippen LogP) is 3.21. The van der Waals surface area contributed by atoms with Crippen molar-refractivity contribution >= 4 is 17.2 Å². The van der Waals surface area contributed by atoms with Crippen molar-refractivity contribution in [2.24, 2.45) is 5.41 Å². The molecule has 4 nitrogen and oxygen atoms in total. The minimum atomic E-state index is -0.682. The van der Waals surface area contributed by atoms with E-state index in [0.717, 1.165) is 37.3 Å². The van der Waals surface area contributed by atoms with Crippen LogP contribution in [0.1, 0.15) is 30.3 Å². The lowest BCUT2D eigenvalue weighted by Crippen LogP contribution is -2.42. The largest absolute Gasteiger partial charge is 0.350 e. The third-order valence-electron chi connectivity index (χ3n) is 4.40. The zero-order valence-electron chi connectivity index (χ0n) is 13.4. The van der Waals surface area contributed by atoms with Crippen molar-refractivity contribution in [3.8, 4) is 10.6 Å². The summed E-state index contributed by atoms with van der Waals surface area (Å²) in [6.45, 7) is 4.60. The van der Waals surface area contributed by atoms with Crippen molar-refractivity contribution in [2.75, 3.05) is 19.6 Å². The summed E-state index contributed by atoms with van der Waals surface area (Å²) in [5.41, 5.74) is 0.0688. The van der Waals surface area contributed by atoms with Crippen LogP contribution in [0, 0.1) is 17.0 Å². The Hall–Kier alpha value is -1.86. The molecule has 128 valence electrons. The number of nitrogens with zero attached hydrogens (tertiary/aromatic N) is 1. The van der Waals surface area contributed by atoms with Crippen LogP contribution in [0.4, 0.5) is 8.78 Å². The molecule has 0 bridgehead atoms. The maximum atomic E-state index is 13.8. The lowest BCUT2D eigenvalue weighted by Gasteiger charge is -2.34. The highest BCUT2D eigenvalue weighted by Crippen LogP contribution is 2.29. The van der Waals surface area contributed by atoms with E-state index in [1.165, 1.54) is 23.6 Å². The molecule has 1 amide bonds. The topological polar surface area (TPSA) is 54.0 Å². The quantitative estimate of drug-likeness (QED) is 0.889. The fourth-order valence-electron chi connectivity index (χ4n) is 2.79. The summed E-state index contributed by atoms with van der Waals surface area (Å²) in [7, 11) is 0. The van der Waals surface area contributed by atoms with Crippen LogP contribution < -0.4 is 10.6 Å². The van der Waals surface area contributed by atoms with E-state index in [0.29, 0.717) is 6.54 Å². The van der Waals surface area contributed by atoms with Gasteiger partial charge >= 0.3 is 0 Å². The molecule has 1 saturated heterocycles. The Morgan fingerprint density at radius 2 is 2.00 bits per heavy atom. The molecule has 2 N–H and O–H groups in total. The van der Waals surface area contributed by atoms with E-state index in [-0.39, 0.29) is 27.6 Å². The summed E-state index contributed by atoms with van der Waals surface area (Å²) in [6.07, 6.45) is 1.99. The summed E-state index contributed by atoms with van der Waals surface area (Å²) in [6, 6.07) is 3.66. The first kappa shape index (κ1) is 17.0. The van der Waals surface area contributed by atoms with Gasteiger partial charge in [0.15, 0.2) is 0 Å². The molecule has 3 rings (SSSR count). The van der Waals surface area contributed by atoms with Crippen molar-refractivity contribution in [1.82, 2.24) is 15.6 Å². The van der Waals surface area contributed by atoms with Gasteiger partial charge in [0.05, 0.1) is 5.56 Å². The summed E-state index contributed by atoms with van der Waals surface area (Å²) in [5, 5.41) is 7.89. The molecule has 0 atom stereocenters. The Bertz CT molecular complexity index is 721. The average molecular weight is 351 g/mol. The molecule has 1 aliphatic rings. The van der Waals surface area contributed by atoms with Crippen LogP contribution >= 0.6 is 11.3 Å². The van der Waals surface area contributed by atoms with E-state index in [4.69, 9.17) is 0 Å². The van der Waals surface area contributed by atoms with Crippen LogP contribution in [0.25, 0.3) is 10.6 Å². The number of benzene rings is 1. The van der Waals surface area contributed by atoms with E-state index in [9.17, 15) is 13.6 Å². The molecular weight excluding hydrogens is 332 g/mol. The second kappa shape index (κ2) is 6.94. The van der Waals surface area contributed by atoms with Crippen LogP contribution in [0.3, 0.4) is 0 Å². The first-order chi connectivity index (χ1) is 11.5. The molecular formula is C17H19F2N3OS. The number of rotatable bonds is 4. The van der Waals surface area contributed by atoms with Crippen molar-refractivity contribution in [3.05, 3.63) is 40.9 Å². The van der Waals surface area contributed by atoms with Gasteiger partial charge in [-0.1, -0.05) is 13.0 Å². The van der Waals surface area contributed by atoms with Crippen LogP contribution in [0.5, 0.6) is 0 Å².